The molecule has 0 radical (unpaired) electrons. The lowest BCUT2D eigenvalue weighted by molar-refractivity contribution is 0.157. The topological polar surface area (TPSA) is 61.0 Å². The van der Waals surface area contributed by atoms with Crippen LogP contribution in [0.15, 0.2) is 4.79 Å². The maximum atomic E-state index is 11.9. The van der Waals surface area contributed by atoms with E-state index in [1.165, 1.54) is 0 Å². The summed E-state index contributed by atoms with van der Waals surface area (Å²) >= 11 is 0. The van der Waals surface area contributed by atoms with Crippen LogP contribution >= 0.6 is 0 Å². The molecule has 2 rings (SSSR count). The summed E-state index contributed by atoms with van der Waals surface area (Å²) in [6.45, 7) is 9.96. The van der Waals surface area contributed by atoms with E-state index in [1.807, 2.05) is 13.8 Å². The number of hydrogen-bond donors (Lipinski definition) is 2. The van der Waals surface area contributed by atoms with Gasteiger partial charge in [0.1, 0.15) is 5.82 Å². The van der Waals surface area contributed by atoms with Crippen molar-refractivity contribution in [3.05, 3.63) is 27.4 Å². The minimum atomic E-state index is -0.00117. The monoisotopic (exact) mass is 264 g/mol. The van der Waals surface area contributed by atoms with Gasteiger partial charge in [0.2, 0.25) is 0 Å². The first-order valence-corrected chi connectivity index (χ1v) is 7.15. The van der Waals surface area contributed by atoms with Crippen LogP contribution in [0.1, 0.15) is 42.9 Å². The van der Waals surface area contributed by atoms with Gasteiger partial charge in [-0.05, 0) is 20.3 Å². The van der Waals surface area contributed by atoms with Crippen molar-refractivity contribution in [3.8, 4) is 0 Å². The average molecular weight is 264 g/mol. The average Bonchev–Trinajstić information content (AvgIpc) is 2.42. The summed E-state index contributed by atoms with van der Waals surface area (Å²) in [6.07, 6.45) is 2.12. The number of nitrogens with zero attached hydrogens (tertiary/aromatic N) is 2. The predicted molar refractivity (Wildman–Crippen MR) is 76.4 cm³/mol. The molecule has 0 saturated carbocycles. The number of piperazine rings is 1. The molecule has 2 N–H and O–H groups in total. The van der Waals surface area contributed by atoms with E-state index in [4.69, 9.17) is 0 Å². The maximum absolute atomic E-state index is 11.9. The Kier molecular flexibility index (Phi) is 4.71. The van der Waals surface area contributed by atoms with E-state index >= 15 is 0 Å². The van der Waals surface area contributed by atoms with Gasteiger partial charge in [0.25, 0.3) is 5.56 Å². The molecule has 1 atom stereocenters. The second-order valence-corrected chi connectivity index (χ2v) is 5.25. The number of aromatic nitrogens is 2. The molecule has 1 saturated heterocycles. The highest BCUT2D eigenvalue weighted by atomic mass is 16.1. The number of aryl methyl sites for hydroxylation is 1. The van der Waals surface area contributed by atoms with Crippen LogP contribution in [0.4, 0.5) is 0 Å². The van der Waals surface area contributed by atoms with Gasteiger partial charge in [-0.2, -0.15) is 0 Å². The van der Waals surface area contributed by atoms with Crippen molar-refractivity contribution in [1.82, 2.24) is 20.2 Å². The number of H-pyrrole nitrogens is 1. The van der Waals surface area contributed by atoms with Crippen molar-refractivity contribution in [1.29, 1.82) is 0 Å². The summed E-state index contributed by atoms with van der Waals surface area (Å²) in [5.41, 5.74) is 1.56. The van der Waals surface area contributed by atoms with Gasteiger partial charge in [-0.1, -0.05) is 13.3 Å². The lowest BCUT2D eigenvalue weighted by Crippen LogP contribution is -2.45. The van der Waals surface area contributed by atoms with E-state index in [0.29, 0.717) is 0 Å². The molecule has 5 nitrogen and oxygen atoms in total. The molecule has 0 aromatic carbocycles. The van der Waals surface area contributed by atoms with E-state index in [-0.39, 0.29) is 11.6 Å². The molecule has 0 bridgehead atoms. The SMILES string of the molecule is CCCC(c1nc(C)c(C)c(=O)[nH]1)N1CCNCC1. The molecule has 1 aliphatic rings. The maximum Gasteiger partial charge on any atom is 0.254 e. The molecule has 0 aliphatic carbocycles. The molecule has 2 heterocycles. The second kappa shape index (κ2) is 6.30. The smallest absolute Gasteiger partial charge is 0.254 e. The molecule has 1 aliphatic heterocycles. The summed E-state index contributed by atoms with van der Waals surface area (Å²) in [5.74, 6) is 0.830. The molecule has 1 aromatic rings. The van der Waals surface area contributed by atoms with Gasteiger partial charge in [-0.3, -0.25) is 9.69 Å². The number of hydrogen-bond acceptors (Lipinski definition) is 4. The zero-order valence-electron chi connectivity index (χ0n) is 12.1. The Morgan fingerprint density at radius 1 is 1.32 bits per heavy atom. The minimum Gasteiger partial charge on any atom is -0.314 e. The highest BCUT2D eigenvalue weighted by Gasteiger charge is 2.23. The fraction of sp³-hybridized carbons (Fsp3) is 0.714. The van der Waals surface area contributed by atoms with Gasteiger partial charge in [0, 0.05) is 37.4 Å². The standard InChI is InChI=1S/C14H24N4O/c1-4-5-12(18-8-6-15-7-9-18)13-16-11(3)10(2)14(19)17-13/h12,15H,4-9H2,1-3H3,(H,16,17,19). The van der Waals surface area contributed by atoms with Gasteiger partial charge >= 0.3 is 0 Å². The Balaban J connectivity index is 2.30. The molecular weight excluding hydrogens is 240 g/mol. The first kappa shape index (κ1) is 14.2. The van der Waals surface area contributed by atoms with Crippen molar-refractivity contribution >= 4 is 0 Å². The third kappa shape index (κ3) is 3.22. The van der Waals surface area contributed by atoms with Crippen molar-refractivity contribution in [2.75, 3.05) is 26.2 Å². The van der Waals surface area contributed by atoms with Crippen LogP contribution in [-0.4, -0.2) is 41.0 Å². The lowest BCUT2D eigenvalue weighted by atomic mass is 10.1. The van der Waals surface area contributed by atoms with Crippen molar-refractivity contribution in [2.45, 2.75) is 39.7 Å². The van der Waals surface area contributed by atoms with Crippen LogP contribution < -0.4 is 10.9 Å². The van der Waals surface area contributed by atoms with Gasteiger partial charge in [-0.25, -0.2) is 4.98 Å². The third-order valence-electron chi connectivity index (χ3n) is 3.88. The first-order chi connectivity index (χ1) is 9.13. The van der Waals surface area contributed by atoms with Crippen molar-refractivity contribution in [3.63, 3.8) is 0 Å². The zero-order chi connectivity index (χ0) is 13.8. The van der Waals surface area contributed by atoms with Crippen molar-refractivity contribution in [2.24, 2.45) is 0 Å². The highest BCUT2D eigenvalue weighted by molar-refractivity contribution is 5.15. The predicted octanol–water partition coefficient (Wildman–Crippen LogP) is 1.13. The first-order valence-electron chi connectivity index (χ1n) is 7.15. The quantitative estimate of drug-likeness (QED) is 0.856. The Bertz CT molecular complexity index is 477. The normalized spacial score (nSPS) is 18.5. The molecule has 0 amide bonds. The molecule has 1 fully saturated rings. The highest BCUT2D eigenvalue weighted by Crippen LogP contribution is 2.22. The summed E-state index contributed by atoms with van der Waals surface area (Å²) in [6, 6.07) is 0.235. The fourth-order valence-electron chi connectivity index (χ4n) is 2.58. The zero-order valence-corrected chi connectivity index (χ0v) is 12.1. The minimum absolute atomic E-state index is 0.00117. The summed E-state index contributed by atoms with van der Waals surface area (Å²) < 4.78 is 0. The molecule has 1 aromatic heterocycles. The summed E-state index contributed by atoms with van der Waals surface area (Å²) in [5, 5.41) is 3.36. The van der Waals surface area contributed by atoms with Gasteiger partial charge in [-0.15, -0.1) is 0 Å². The Hall–Kier alpha value is -1.20. The molecule has 5 heteroatoms. The Morgan fingerprint density at radius 2 is 2.00 bits per heavy atom. The molecule has 1 unspecified atom stereocenters. The molecular formula is C14H24N4O. The van der Waals surface area contributed by atoms with E-state index in [2.05, 4.69) is 27.1 Å². The van der Waals surface area contributed by atoms with E-state index in [9.17, 15) is 4.79 Å². The van der Waals surface area contributed by atoms with Crippen LogP contribution in [0.3, 0.4) is 0 Å². The van der Waals surface area contributed by atoms with Crippen LogP contribution in [0.25, 0.3) is 0 Å². The number of aromatic amines is 1. The molecule has 0 spiro atoms. The Labute approximate surface area is 114 Å². The van der Waals surface area contributed by atoms with Gasteiger partial charge in [0.15, 0.2) is 0 Å². The largest absolute Gasteiger partial charge is 0.314 e. The van der Waals surface area contributed by atoms with Crippen LogP contribution in [0.2, 0.25) is 0 Å². The fourth-order valence-corrected chi connectivity index (χ4v) is 2.58. The van der Waals surface area contributed by atoms with Crippen LogP contribution in [-0.2, 0) is 0 Å². The molecule has 106 valence electrons. The van der Waals surface area contributed by atoms with Crippen molar-refractivity contribution < 1.29 is 0 Å². The summed E-state index contributed by atoms with van der Waals surface area (Å²) in [7, 11) is 0. The van der Waals surface area contributed by atoms with Crippen LogP contribution in [0, 0.1) is 13.8 Å². The number of rotatable bonds is 4. The lowest BCUT2D eigenvalue weighted by Gasteiger charge is -2.34. The van der Waals surface area contributed by atoms with Crippen LogP contribution in [0.5, 0.6) is 0 Å². The Morgan fingerprint density at radius 3 is 2.58 bits per heavy atom. The molecule has 19 heavy (non-hydrogen) atoms. The second-order valence-electron chi connectivity index (χ2n) is 5.25. The van der Waals surface area contributed by atoms with Gasteiger partial charge < -0.3 is 10.3 Å². The van der Waals surface area contributed by atoms with Gasteiger partial charge in [0.05, 0.1) is 6.04 Å². The summed E-state index contributed by atoms with van der Waals surface area (Å²) in [4.78, 5) is 21.9. The van der Waals surface area contributed by atoms with E-state index < -0.39 is 0 Å². The van der Waals surface area contributed by atoms with E-state index in [0.717, 1.165) is 56.1 Å². The number of nitrogens with one attached hydrogen (secondary N) is 2. The van der Waals surface area contributed by atoms with E-state index in [1.54, 1.807) is 0 Å². The third-order valence-corrected chi connectivity index (χ3v) is 3.88.